The molecular formula is C37H62Cl2N10O14. The number of nitrogens with two attached hydrogens (primary N) is 4. The molecule has 7 atom stereocenters. The second kappa shape index (κ2) is 34.5. The van der Waals surface area contributed by atoms with Crippen molar-refractivity contribution in [2.75, 3.05) is 36.9 Å². The van der Waals surface area contributed by atoms with Gasteiger partial charge in [-0.25, -0.2) is 4.79 Å². The second-order valence-corrected chi connectivity index (χ2v) is 14.0. The van der Waals surface area contributed by atoms with Gasteiger partial charge in [0.15, 0.2) is 6.10 Å². The number of nitrogens with one attached hydrogen (secondary N) is 2. The Morgan fingerprint density at radius 1 is 0.587 bits per heavy atom. The van der Waals surface area contributed by atoms with E-state index in [9.17, 15) is 9.59 Å². The summed E-state index contributed by atoms with van der Waals surface area (Å²) in [4.78, 5) is 36.6. The van der Waals surface area contributed by atoms with Crippen LogP contribution in [0, 0.1) is 0 Å². The molecule has 26 heteroatoms. The zero-order valence-corrected chi connectivity index (χ0v) is 36.2. The minimum Gasteiger partial charge on any atom is -0.481 e. The van der Waals surface area contributed by atoms with Crippen molar-refractivity contribution in [1.82, 2.24) is 0 Å². The van der Waals surface area contributed by atoms with E-state index in [4.69, 9.17) is 107 Å². The SMILES string of the molecule is CC(C)O.NC(=NCCCCCCN=C(N)/N=C(\N)Nc1ccc(Cl)cc1)/N=C(\N)Nc1ccc(Cl)cc1.O=C(O)C[C@@H](O)[C@H](O)[C@H](O)CO.O=C(O)[C@H](O)[C@@H](O)[C@H](O)[C@H](O)CO. The van der Waals surface area contributed by atoms with Crippen LogP contribution in [-0.2, 0) is 9.59 Å². The molecule has 0 saturated carbocycles. The molecule has 2 aromatic carbocycles. The molecule has 0 aliphatic heterocycles. The Balaban J connectivity index is 0. The topological polar surface area (TPSA) is 454 Å². The molecule has 0 aliphatic rings. The predicted octanol–water partition coefficient (Wildman–Crippen LogP) is -2.23. The van der Waals surface area contributed by atoms with E-state index in [0.717, 1.165) is 37.1 Å². The number of unbranched alkanes of at least 4 members (excludes halogenated alkanes) is 3. The molecule has 0 spiro atoms. The van der Waals surface area contributed by atoms with E-state index < -0.39 is 74.3 Å². The average Bonchev–Trinajstić information content (AvgIpc) is 3.21. The first-order valence-electron chi connectivity index (χ1n) is 18.9. The number of hydrogen-bond acceptors (Lipinski definition) is 14. The van der Waals surface area contributed by atoms with Crippen LogP contribution in [0.4, 0.5) is 11.4 Å². The van der Waals surface area contributed by atoms with Crippen LogP contribution in [0.15, 0.2) is 68.5 Å². The van der Waals surface area contributed by atoms with E-state index in [0.29, 0.717) is 23.1 Å². The van der Waals surface area contributed by atoms with E-state index in [1.165, 1.54) is 0 Å². The van der Waals surface area contributed by atoms with Gasteiger partial charge in [-0.2, -0.15) is 9.98 Å². The first-order valence-corrected chi connectivity index (χ1v) is 19.6. The third-order valence-electron chi connectivity index (χ3n) is 7.18. The summed E-state index contributed by atoms with van der Waals surface area (Å²) in [5.74, 6) is -2.45. The summed E-state index contributed by atoms with van der Waals surface area (Å²) in [6, 6.07) is 14.1. The van der Waals surface area contributed by atoms with Gasteiger partial charge in [0, 0.05) is 40.6 Å². The van der Waals surface area contributed by atoms with Crippen molar-refractivity contribution in [3.05, 3.63) is 58.6 Å². The van der Waals surface area contributed by atoms with Gasteiger partial charge < -0.3 is 94.8 Å². The number of carbonyl (C=O) groups is 2. The largest absolute Gasteiger partial charge is 0.481 e. The maximum absolute atomic E-state index is 10.1. The minimum atomic E-state index is -2.20. The van der Waals surface area contributed by atoms with Crippen LogP contribution in [0.25, 0.3) is 0 Å². The van der Waals surface area contributed by atoms with E-state index >= 15 is 0 Å². The summed E-state index contributed by atoms with van der Waals surface area (Å²) < 4.78 is 0. The van der Waals surface area contributed by atoms with E-state index in [-0.39, 0.29) is 29.9 Å². The van der Waals surface area contributed by atoms with Crippen LogP contribution in [-0.4, -0.2) is 172 Å². The fourth-order valence-corrected chi connectivity index (χ4v) is 4.28. The van der Waals surface area contributed by atoms with Gasteiger partial charge in [0.05, 0.1) is 25.7 Å². The van der Waals surface area contributed by atoms with Crippen LogP contribution in [0.2, 0.25) is 10.0 Å². The van der Waals surface area contributed by atoms with Gasteiger partial charge in [-0.05, 0) is 75.2 Å². The lowest BCUT2D eigenvalue weighted by Crippen LogP contribution is -2.48. The second-order valence-electron chi connectivity index (χ2n) is 13.2. The number of halogens is 2. The summed E-state index contributed by atoms with van der Waals surface area (Å²) in [7, 11) is 0. The van der Waals surface area contributed by atoms with Gasteiger partial charge in [0.1, 0.15) is 30.5 Å². The van der Waals surface area contributed by atoms with Crippen molar-refractivity contribution < 1.29 is 70.9 Å². The number of nitrogens with zero attached hydrogens (tertiary/aromatic N) is 4. The molecule has 0 aliphatic carbocycles. The van der Waals surface area contributed by atoms with E-state index in [1.807, 2.05) is 0 Å². The molecule has 2 aromatic rings. The number of aliphatic imine (C=N–C) groups is 4. The van der Waals surface area contributed by atoms with Gasteiger partial charge >= 0.3 is 11.9 Å². The fraction of sp³-hybridized carbons (Fsp3) is 0.514. The Kier molecular flexibility index (Phi) is 32.9. The Morgan fingerprint density at radius 3 is 1.25 bits per heavy atom. The molecule has 0 fully saturated rings. The number of aliphatic hydroxyl groups is 10. The number of aliphatic hydroxyl groups excluding tert-OH is 10. The normalized spacial score (nSPS) is 15.3. The highest BCUT2D eigenvalue weighted by atomic mass is 35.5. The Labute approximate surface area is 373 Å². The number of carboxylic acid groups (broad SMARTS) is 2. The molecule has 0 amide bonds. The van der Waals surface area contributed by atoms with Gasteiger partial charge in [0.2, 0.25) is 23.8 Å². The van der Waals surface area contributed by atoms with Crippen LogP contribution in [0.3, 0.4) is 0 Å². The number of aliphatic carboxylic acids is 2. The lowest BCUT2D eigenvalue weighted by Gasteiger charge is -2.23. The highest BCUT2D eigenvalue weighted by Gasteiger charge is 2.34. The number of benzene rings is 2. The third-order valence-corrected chi connectivity index (χ3v) is 7.69. The maximum atomic E-state index is 10.1. The molecule has 0 radical (unpaired) electrons. The zero-order valence-electron chi connectivity index (χ0n) is 34.6. The van der Waals surface area contributed by atoms with Gasteiger partial charge in [-0.3, -0.25) is 14.8 Å². The van der Waals surface area contributed by atoms with Crippen molar-refractivity contribution in [1.29, 1.82) is 0 Å². The standard InChI is InChI=1S/C22H30Cl2N10.C6H12O7.C6H12O6.C3H8O/c23-15-5-9-17(10-6-15)31-21(27)33-19(25)29-13-3-1-2-4-14-30-20(26)34-22(28)32-18-11-7-16(24)8-12-18;7-1-2(8)3(9)4(10)5(11)6(12)13;7-2-4(9)6(12)3(8)1-5(10)11;1-3(2)4/h5-12H,1-4,13-14H2,(H5,25,27,29,31,33)(H5,26,28,30,32,34);2-5,7-11H,1H2,(H,12,13);3-4,6-9,12H,1-2H2,(H,10,11);3-4H,1-2H3/t;2-,3-,4+,5-;3-,4-,6+;/m.11./s1. The number of anilines is 2. The molecule has 22 N–H and O–H groups in total. The van der Waals surface area contributed by atoms with Crippen molar-refractivity contribution in [3.63, 3.8) is 0 Å². The van der Waals surface area contributed by atoms with Crippen LogP contribution in [0.5, 0.6) is 0 Å². The van der Waals surface area contributed by atoms with Crippen LogP contribution in [0.1, 0.15) is 46.0 Å². The van der Waals surface area contributed by atoms with E-state index in [2.05, 4.69) is 30.6 Å². The minimum absolute atomic E-state index is 0.124. The summed E-state index contributed by atoms with van der Waals surface area (Å²) in [6.45, 7) is 3.00. The van der Waals surface area contributed by atoms with Gasteiger partial charge in [0.25, 0.3) is 0 Å². The highest BCUT2D eigenvalue weighted by Crippen LogP contribution is 2.14. The molecule has 2 rings (SSSR count). The fourth-order valence-electron chi connectivity index (χ4n) is 4.03. The smallest absolute Gasteiger partial charge is 0.335 e. The predicted molar refractivity (Wildman–Crippen MR) is 238 cm³/mol. The molecular weight excluding hydrogens is 879 g/mol. The summed E-state index contributed by atoms with van der Waals surface area (Å²) >= 11 is 11.7. The van der Waals surface area contributed by atoms with E-state index in [1.54, 1.807) is 62.4 Å². The van der Waals surface area contributed by atoms with Gasteiger partial charge in [-0.1, -0.05) is 36.0 Å². The molecule has 63 heavy (non-hydrogen) atoms. The quantitative estimate of drug-likeness (QED) is 0.0402. The lowest BCUT2D eigenvalue weighted by molar-refractivity contribution is -0.164. The number of carboxylic acids is 2. The molecule has 0 saturated heterocycles. The molecule has 358 valence electrons. The summed E-state index contributed by atoms with van der Waals surface area (Å²) in [5.41, 5.74) is 24.8. The summed E-state index contributed by atoms with van der Waals surface area (Å²) in [5, 5.41) is 110. The first kappa shape index (κ1) is 60.1. The van der Waals surface area contributed by atoms with Crippen molar-refractivity contribution >= 4 is 70.4 Å². The summed E-state index contributed by atoms with van der Waals surface area (Å²) in [6.07, 6.45) is -9.70. The Hall–Kier alpha value is -4.96. The molecule has 0 heterocycles. The van der Waals surface area contributed by atoms with Crippen LogP contribution >= 0.6 is 23.2 Å². The van der Waals surface area contributed by atoms with Crippen molar-refractivity contribution in [2.24, 2.45) is 42.9 Å². The maximum Gasteiger partial charge on any atom is 0.335 e. The van der Waals surface area contributed by atoms with Crippen LogP contribution < -0.4 is 33.6 Å². The molecule has 0 unspecified atom stereocenters. The zero-order chi connectivity index (χ0) is 48.7. The lowest BCUT2D eigenvalue weighted by atomic mass is 10.0. The number of hydrogen-bond donors (Lipinski definition) is 18. The number of rotatable bonds is 19. The Bertz CT molecular complexity index is 1610. The Morgan fingerprint density at radius 2 is 0.937 bits per heavy atom. The van der Waals surface area contributed by atoms with Gasteiger partial charge in [-0.15, -0.1) is 0 Å². The van der Waals surface area contributed by atoms with Crippen molar-refractivity contribution in [2.45, 2.75) is 94.8 Å². The first-order chi connectivity index (χ1) is 29.4. The number of guanidine groups is 4. The molecule has 0 bridgehead atoms. The molecule has 0 aromatic heterocycles. The van der Waals surface area contributed by atoms with Crippen molar-refractivity contribution in [3.8, 4) is 0 Å². The molecule has 24 nitrogen and oxygen atoms in total. The highest BCUT2D eigenvalue weighted by molar-refractivity contribution is 6.31. The monoisotopic (exact) mass is 940 g/mol. The average molecular weight is 942 g/mol. The third kappa shape index (κ3) is 31.5.